The third-order valence-corrected chi connectivity index (χ3v) is 2.00. The number of hydrogen-bond donors (Lipinski definition) is 2. The van der Waals surface area contributed by atoms with Gasteiger partial charge in [0.15, 0.2) is 0 Å². The van der Waals surface area contributed by atoms with Crippen molar-refractivity contribution in [2.45, 2.75) is 6.42 Å². The van der Waals surface area contributed by atoms with Crippen LogP contribution in [0.2, 0.25) is 0 Å². The second-order valence-electron chi connectivity index (χ2n) is 3.40. The maximum absolute atomic E-state index is 9.51. The molecule has 0 radical (unpaired) electrons. The van der Waals surface area contributed by atoms with Crippen LogP contribution in [0, 0.1) is 0 Å². The second-order valence-corrected chi connectivity index (χ2v) is 3.40. The van der Waals surface area contributed by atoms with Crippen LogP contribution in [0.15, 0.2) is 18.2 Å². The topological polar surface area (TPSA) is 49.5 Å². The highest BCUT2D eigenvalue weighted by Gasteiger charge is 2.04. The lowest BCUT2D eigenvalue weighted by Crippen LogP contribution is -2.15. The Hall–Kier alpha value is -1.22. The fourth-order valence-corrected chi connectivity index (χ4v) is 1.20. The first-order valence-corrected chi connectivity index (χ1v) is 4.32. The quantitative estimate of drug-likeness (QED) is 0.684. The molecular weight excluding hydrogens is 164 g/mol. The molecule has 0 amide bonds. The van der Waals surface area contributed by atoms with Crippen molar-refractivity contribution in [3.63, 3.8) is 0 Å². The summed E-state index contributed by atoms with van der Waals surface area (Å²) in [6.45, 7) is 0.891. The van der Waals surface area contributed by atoms with Crippen LogP contribution in [0.4, 0.5) is 5.69 Å². The van der Waals surface area contributed by atoms with Gasteiger partial charge in [-0.3, -0.25) is 0 Å². The first-order valence-electron chi connectivity index (χ1n) is 4.32. The fraction of sp³-hybridized carbons (Fsp3) is 0.400. The van der Waals surface area contributed by atoms with E-state index in [0.29, 0.717) is 11.4 Å². The molecule has 3 N–H and O–H groups in total. The molecule has 3 heteroatoms. The van der Waals surface area contributed by atoms with Gasteiger partial charge in [0.25, 0.3) is 0 Å². The molecule has 0 atom stereocenters. The minimum Gasteiger partial charge on any atom is -0.508 e. The minimum absolute atomic E-state index is 0.293. The monoisotopic (exact) mass is 180 g/mol. The van der Waals surface area contributed by atoms with E-state index >= 15 is 0 Å². The molecule has 1 rings (SSSR count). The van der Waals surface area contributed by atoms with E-state index in [1.807, 2.05) is 20.2 Å². The van der Waals surface area contributed by atoms with Crippen LogP contribution in [0.3, 0.4) is 0 Å². The zero-order chi connectivity index (χ0) is 9.84. The summed E-state index contributed by atoms with van der Waals surface area (Å²) in [7, 11) is 3.99. The number of nitrogen functional groups attached to an aromatic ring is 1. The summed E-state index contributed by atoms with van der Waals surface area (Å²) in [6, 6.07) is 5.23. The maximum atomic E-state index is 9.51. The Morgan fingerprint density at radius 2 is 2.08 bits per heavy atom. The highest BCUT2D eigenvalue weighted by molar-refractivity contribution is 5.53. The average Bonchev–Trinajstić information content (AvgIpc) is 2.03. The molecule has 0 saturated heterocycles. The summed E-state index contributed by atoms with van der Waals surface area (Å²) in [5, 5.41) is 9.51. The normalized spacial score (nSPS) is 10.7. The summed E-state index contributed by atoms with van der Waals surface area (Å²) >= 11 is 0. The Kier molecular flexibility index (Phi) is 3.14. The number of benzene rings is 1. The third-order valence-electron chi connectivity index (χ3n) is 2.00. The van der Waals surface area contributed by atoms with E-state index in [0.717, 1.165) is 18.5 Å². The molecule has 0 bridgehead atoms. The van der Waals surface area contributed by atoms with Crippen LogP contribution in [-0.4, -0.2) is 30.6 Å². The number of nitrogens with two attached hydrogens (primary N) is 1. The molecule has 0 fully saturated rings. The molecule has 0 aliphatic rings. The SMILES string of the molecule is CN(C)CCc1c(N)cccc1O. The Balaban J connectivity index is 2.75. The lowest BCUT2D eigenvalue weighted by Gasteiger charge is -2.11. The van der Waals surface area contributed by atoms with Crippen molar-refractivity contribution in [1.29, 1.82) is 0 Å². The smallest absolute Gasteiger partial charge is 0.120 e. The van der Waals surface area contributed by atoms with E-state index in [1.165, 1.54) is 0 Å². The molecule has 1 aromatic rings. The molecule has 13 heavy (non-hydrogen) atoms. The largest absolute Gasteiger partial charge is 0.508 e. The summed E-state index contributed by atoms with van der Waals surface area (Å²) < 4.78 is 0. The molecule has 0 aliphatic carbocycles. The summed E-state index contributed by atoms with van der Waals surface area (Å²) in [4.78, 5) is 2.06. The van der Waals surface area contributed by atoms with Crippen molar-refractivity contribution in [3.05, 3.63) is 23.8 Å². The molecule has 0 spiro atoms. The number of phenolic OH excluding ortho intramolecular Hbond substituents is 1. The summed E-state index contributed by atoms with van der Waals surface area (Å²) in [5.74, 6) is 0.293. The number of nitrogens with zero attached hydrogens (tertiary/aromatic N) is 1. The molecule has 1 aromatic carbocycles. The Bertz CT molecular complexity index is 264. The molecule has 3 nitrogen and oxygen atoms in total. The Morgan fingerprint density at radius 3 is 2.62 bits per heavy atom. The number of likely N-dealkylation sites (N-methyl/N-ethyl adjacent to an activating group) is 1. The van der Waals surface area contributed by atoms with Crippen molar-refractivity contribution >= 4 is 5.69 Å². The fourth-order valence-electron chi connectivity index (χ4n) is 1.20. The van der Waals surface area contributed by atoms with Gasteiger partial charge in [0.05, 0.1) is 0 Å². The van der Waals surface area contributed by atoms with Gasteiger partial charge in [-0.1, -0.05) is 6.07 Å². The van der Waals surface area contributed by atoms with E-state index in [9.17, 15) is 5.11 Å². The maximum Gasteiger partial charge on any atom is 0.120 e. The van der Waals surface area contributed by atoms with Crippen molar-refractivity contribution < 1.29 is 5.11 Å². The van der Waals surface area contributed by atoms with Gasteiger partial charge in [-0.15, -0.1) is 0 Å². The van der Waals surface area contributed by atoms with Crippen LogP contribution in [0.1, 0.15) is 5.56 Å². The molecule has 0 heterocycles. The lowest BCUT2D eigenvalue weighted by atomic mass is 10.1. The van der Waals surface area contributed by atoms with E-state index < -0.39 is 0 Å². The minimum atomic E-state index is 0.293. The van der Waals surface area contributed by atoms with E-state index in [-0.39, 0.29) is 0 Å². The third kappa shape index (κ3) is 2.63. The average molecular weight is 180 g/mol. The number of hydrogen-bond acceptors (Lipinski definition) is 3. The van der Waals surface area contributed by atoms with Gasteiger partial charge >= 0.3 is 0 Å². The molecule has 0 saturated carbocycles. The van der Waals surface area contributed by atoms with Crippen LogP contribution in [0.25, 0.3) is 0 Å². The number of rotatable bonds is 3. The van der Waals surface area contributed by atoms with Crippen molar-refractivity contribution in [3.8, 4) is 5.75 Å². The zero-order valence-corrected chi connectivity index (χ0v) is 8.12. The molecular formula is C10H16N2O. The Labute approximate surface area is 78.8 Å². The summed E-state index contributed by atoms with van der Waals surface area (Å²) in [6.07, 6.45) is 0.783. The van der Waals surface area contributed by atoms with Gasteiger partial charge in [-0.25, -0.2) is 0 Å². The Morgan fingerprint density at radius 1 is 1.38 bits per heavy atom. The predicted molar refractivity (Wildman–Crippen MR) is 54.8 cm³/mol. The zero-order valence-electron chi connectivity index (χ0n) is 8.12. The lowest BCUT2D eigenvalue weighted by molar-refractivity contribution is 0.406. The highest BCUT2D eigenvalue weighted by atomic mass is 16.3. The number of anilines is 1. The van der Waals surface area contributed by atoms with Gasteiger partial charge in [-0.05, 0) is 32.6 Å². The van der Waals surface area contributed by atoms with Crippen LogP contribution in [-0.2, 0) is 6.42 Å². The molecule has 0 unspecified atom stereocenters. The predicted octanol–water partition coefficient (Wildman–Crippen LogP) is 1.08. The number of aromatic hydroxyl groups is 1. The van der Waals surface area contributed by atoms with Gasteiger partial charge in [-0.2, -0.15) is 0 Å². The van der Waals surface area contributed by atoms with E-state index in [2.05, 4.69) is 4.90 Å². The van der Waals surface area contributed by atoms with Crippen molar-refractivity contribution in [2.75, 3.05) is 26.4 Å². The summed E-state index contributed by atoms with van der Waals surface area (Å²) in [5.41, 5.74) is 7.24. The molecule has 72 valence electrons. The van der Waals surface area contributed by atoms with Crippen LogP contribution in [0.5, 0.6) is 5.75 Å². The van der Waals surface area contributed by atoms with E-state index in [1.54, 1.807) is 12.1 Å². The van der Waals surface area contributed by atoms with Gasteiger partial charge in [0, 0.05) is 17.8 Å². The van der Waals surface area contributed by atoms with Gasteiger partial charge in [0.2, 0.25) is 0 Å². The first-order chi connectivity index (χ1) is 6.11. The second kappa shape index (κ2) is 4.14. The van der Waals surface area contributed by atoms with Crippen LogP contribution >= 0.6 is 0 Å². The van der Waals surface area contributed by atoms with Crippen molar-refractivity contribution in [1.82, 2.24) is 4.90 Å². The first kappa shape index (κ1) is 9.86. The van der Waals surface area contributed by atoms with Gasteiger partial charge in [0.1, 0.15) is 5.75 Å². The highest BCUT2D eigenvalue weighted by Crippen LogP contribution is 2.23. The van der Waals surface area contributed by atoms with Crippen molar-refractivity contribution in [2.24, 2.45) is 0 Å². The van der Waals surface area contributed by atoms with E-state index in [4.69, 9.17) is 5.73 Å². The molecule has 0 aromatic heterocycles. The standard InChI is InChI=1S/C10H16N2O/c1-12(2)7-6-8-9(11)4-3-5-10(8)13/h3-5,13H,6-7,11H2,1-2H3. The molecule has 0 aliphatic heterocycles. The van der Waals surface area contributed by atoms with Gasteiger partial charge < -0.3 is 15.7 Å². The van der Waals surface area contributed by atoms with Crippen LogP contribution < -0.4 is 5.73 Å². The number of phenols is 1.